The molecule has 0 radical (unpaired) electrons. The van der Waals surface area contributed by atoms with Crippen LogP contribution in [0, 0.1) is 0 Å². The number of fused-ring (bicyclic) bond motifs is 1. The average molecular weight is 641 g/mol. The molecule has 5 rings (SSSR count). The van der Waals surface area contributed by atoms with Gasteiger partial charge in [0.15, 0.2) is 8.32 Å². The van der Waals surface area contributed by atoms with Gasteiger partial charge in [0.1, 0.15) is 23.9 Å². The van der Waals surface area contributed by atoms with Gasteiger partial charge in [0.25, 0.3) is 0 Å². The maximum Gasteiger partial charge on any atom is 0.337 e. The molecule has 0 amide bonds. The molecular formula is C39H48O6Si. The van der Waals surface area contributed by atoms with Crippen LogP contribution in [0.1, 0.15) is 50.3 Å². The summed E-state index contributed by atoms with van der Waals surface area (Å²) in [5, 5.41) is 0. The lowest BCUT2D eigenvalue weighted by Gasteiger charge is -2.48. The van der Waals surface area contributed by atoms with Gasteiger partial charge < -0.3 is 23.4 Å². The number of carbonyl (C=O) groups excluding carboxylic acids is 1. The quantitative estimate of drug-likeness (QED) is 0.123. The third kappa shape index (κ3) is 7.62. The van der Waals surface area contributed by atoms with Crippen LogP contribution in [0.3, 0.4) is 0 Å². The van der Waals surface area contributed by atoms with Crippen molar-refractivity contribution in [3.05, 3.63) is 131 Å². The predicted octanol–water partition coefficient (Wildman–Crippen LogP) is 8.34. The Hall–Kier alpha value is -3.33. The summed E-state index contributed by atoms with van der Waals surface area (Å²) >= 11 is 0. The highest BCUT2D eigenvalue weighted by molar-refractivity contribution is 6.73. The van der Waals surface area contributed by atoms with E-state index in [2.05, 4.69) is 51.1 Å². The number of rotatable bonds is 15. The van der Waals surface area contributed by atoms with E-state index in [1.165, 1.54) is 7.11 Å². The van der Waals surface area contributed by atoms with E-state index in [9.17, 15) is 4.79 Å². The Balaban J connectivity index is 1.66. The van der Waals surface area contributed by atoms with E-state index in [1.807, 2.05) is 72.8 Å². The van der Waals surface area contributed by atoms with E-state index in [-0.39, 0.29) is 0 Å². The van der Waals surface area contributed by atoms with Crippen molar-refractivity contribution in [3.63, 3.8) is 0 Å². The Bertz CT molecular complexity index is 1450. The fourth-order valence-electron chi connectivity index (χ4n) is 6.81. The summed E-state index contributed by atoms with van der Waals surface area (Å²) in [5.41, 5.74) is 3.54. The minimum atomic E-state index is -2.25. The molecule has 0 aliphatic heterocycles. The number of allylic oxidation sites excluding steroid dienone is 1. The van der Waals surface area contributed by atoms with Gasteiger partial charge in [-0.15, -0.1) is 0 Å². The topological polar surface area (TPSA) is 63.2 Å². The number of carbonyl (C=O) groups is 1. The maximum atomic E-state index is 13.7. The lowest BCUT2D eigenvalue weighted by Crippen LogP contribution is -2.60. The van der Waals surface area contributed by atoms with E-state index in [0.29, 0.717) is 31.8 Å². The molecule has 0 saturated heterocycles. The smallest absolute Gasteiger partial charge is 0.337 e. The zero-order valence-electron chi connectivity index (χ0n) is 27.7. The van der Waals surface area contributed by atoms with Gasteiger partial charge in [-0.3, -0.25) is 0 Å². The minimum Gasteiger partial charge on any atom is -0.465 e. The fourth-order valence-corrected chi connectivity index (χ4v) is 9.85. The van der Waals surface area contributed by atoms with Crippen LogP contribution in [-0.4, -0.2) is 45.3 Å². The molecular weight excluding hydrogens is 593 g/mol. The molecule has 0 fully saturated rings. The first-order chi connectivity index (χ1) is 22.5. The molecule has 244 valence electrons. The Morgan fingerprint density at radius 3 is 1.74 bits per heavy atom. The van der Waals surface area contributed by atoms with Gasteiger partial charge in [-0.2, -0.15) is 0 Å². The van der Waals surface area contributed by atoms with Gasteiger partial charge in [0.05, 0.1) is 32.5 Å². The molecule has 2 aliphatic carbocycles. The summed E-state index contributed by atoms with van der Waals surface area (Å²) in [6.45, 7) is 7.77. The number of benzene rings is 3. The largest absolute Gasteiger partial charge is 0.465 e. The number of methoxy groups -OCH3 is 1. The van der Waals surface area contributed by atoms with Crippen molar-refractivity contribution in [2.45, 2.75) is 95.5 Å². The van der Waals surface area contributed by atoms with E-state index in [4.69, 9.17) is 23.4 Å². The van der Waals surface area contributed by atoms with Crippen LogP contribution in [0.25, 0.3) is 0 Å². The number of hydrogen-bond donors (Lipinski definition) is 0. The monoisotopic (exact) mass is 640 g/mol. The first-order valence-electron chi connectivity index (χ1n) is 16.7. The molecule has 0 heterocycles. The molecule has 2 aliphatic rings. The number of esters is 1. The zero-order valence-corrected chi connectivity index (χ0v) is 28.7. The normalized spacial score (nSPS) is 22.8. The molecule has 6 nitrogen and oxygen atoms in total. The molecule has 0 spiro atoms. The highest BCUT2D eigenvalue weighted by Gasteiger charge is 2.58. The molecule has 3 aromatic carbocycles. The Morgan fingerprint density at radius 2 is 1.24 bits per heavy atom. The summed E-state index contributed by atoms with van der Waals surface area (Å²) in [6, 6.07) is 33.3. The number of ether oxygens (including phenoxy) is 4. The predicted molar refractivity (Wildman–Crippen MR) is 183 cm³/mol. The molecule has 0 N–H and O–H groups in total. The first-order valence-corrected chi connectivity index (χ1v) is 19.2. The van der Waals surface area contributed by atoms with Crippen LogP contribution in [0.5, 0.6) is 0 Å². The lowest BCUT2D eigenvalue weighted by molar-refractivity contribution is -0.184. The molecule has 0 bridgehead atoms. The van der Waals surface area contributed by atoms with Crippen molar-refractivity contribution in [2.24, 2.45) is 0 Å². The molecule has 3 aromatic rings. The SMILES string of the molecule is CC[Si](CC)(CC)O[C@@]12CCC=C1C(C(=O)OC)=C[C@@H](OCc1ccccc1)[C@H](OCc1ccccc1)[C@H]2OCc1ccccc1. The van der Waals surface area contributed by atoms with Crippen molar-refractivity contribution in [1.82, 2.24) is 0 Å². The minimum absolute atomic E-state index is 0.345. The second-order valence-electron chi connectivity index (χ2n) is 12.2. The van der Waals surface area contributed by atoms with Crippen LogP contribution in [0.15, 0.2) is 114 Å². The second-order valence-corrected chi connectivity index (χ2v) is 16.9. The number of hydrogen-bond acceptors (Lipinski definition) is 6. The Labute approximate surface area is 275 Å². The third-order valence-electron chi connectivity index (χ3n) is 9.60. The molecule has 4 atom stereocenters. The first kappa shape index (κ1) is 34.0. The second kappa shape index (κ2) is 16.0. The summed E-state index contributed by atoms with van der Waals surface area (Å²) < 4.78 is 33.7. The molecule has 0 aromatic heterocycles. The van der Waals surface area contributed by atoms with Crippen LogP contribution < -0.4 is 0 Å². The molecule has 0 unspecified atom stereocenters. The van der Waals surface area contributed by atoms with Crippen LogP contribution in [0.4, 0.5) is 0 Å². The van der Waals surface area contributed by atoms with Crippen molar-refractivity contribution in [2.75, 3.05) is 7.11 Å². The van der Waals surface area contributed by atoms with Gasteiger partial charge in [-0.25, -0.2) is 4.79 Å². The van der Waals surface area contributed by atoms with Gasteiger partial charge in [-0.05, 0) is 59.3 Å². The average Bonchev–Trinajstić information content (AvgIpc) is 3.49. The lowest BCUT2D eigenvalue weighted by atomic mass is 9.84. The summed E-state index contributed by atoms with van der Waals surface area (Å²) in [7, 11) is -0.821. The van der Waals surface area contributed by atoms with Gasteiger partial charge in [-0.1, -0.05) is 118 Å². The van der Waals surface area contributed by atoms with Crippen molar-refractivity contribution >= 4 is 14.3 Å². The van der Waals surface area contributed by atoms with Crippen LogP contribution in [-0.2, 0) is 48.0 Å². The zero-order chi connectivity index (χ0) is 32.4. The maximum absolute atomic E-state index is 13.7. The van der Waals surface area contributed by atoms with Crippen LogP contribution >= 0.6 is 0 Å². The van der Waals surface area contributed by atoms with Gasteiger partial charge in [0.2, 0.25) is 0 Å². The Kier molecular flexibility index (Phi) is 11.8. The highest BCUT2D eigenvalue weighted by atomic mass is 28.4. The van der Waals surface area contributed by atoms with Crippen LogP contribution in [0.2, 0.25) is 18.1 Å². The Morgan fingerprint density at radius 1 is 0.739 bits per heavy atom. The molecule has 7 heteroatoms. The van der Waals surface area contributed by atoms with E-state index in [0.717, 1.165) is 46.8 Å². The van der Waals surface area contributed by atoms with Crippen molar-refractivity contribution in [3.8, 4) is 0 Å². The summed E-state index contributed by atoms with van der Waals surface area (Å²) in [4.78, 5) is 13.7. The summed E-state index contributed by atoms with van der Waals surface area (Å²) in [6.07, 6.45) is 3.72. The third-order valence-corrected chi connectivity index (χ3v) is 14.3. The van der Waals surface area contributed by atoms with Crippen molar-refractivity contribution < 1.29 is 28.2 Å². The summed E-state index contributed by atoms with van der Waals surface area (Å²) in [5.74, 6) is -0.406. The van der Waals surface area contributed by atoms with E-state index < -0.39 is 38.2 Å². The van der Waals surface area contributed by atoms with E-state index in [1.54, 1.807) is 0 Å². The van der Waals surface area contributed by atoms with Crippen molar-refractivity contribution in [1.29, 1.82) is 0 Å². The van der Waals surface area contributed by atoms with Gasteiger partial charge >= 0.3 is 5.97 Å². The van der Waals surface area contributed by atoms with E-state index >= 15 is 0 Å². The highest BCUT2D eigenvalue weighted by Crippen LogP contribution is 2.50. The fraction of sp³-hybridized carbons (Fsp3) is 0.410. The molecule has 46 heavy (non-hydrogen) atoms. The molecule has 0 saturated carbocycles. The van der Waals surface area contributed by atoms with Gasteiger partial charge in [0, 0.05) is 0 Å². The standard InChI is InChI=1S/C39H48O6Si/c1-5-46(6-2,7-3)45-39-25-17-24-34(39)33(38(40)41-4)26-35(42-27-30-18-11-8-12-19-30)36(43-28-31-20-13-9-14-21-31)37(39)44-29-32-22-15-10-16-23-32/h8-16,18-24,26,35-37H,5-7,17,25,27-29H2,1-4H3/t35-,36+,37-,39+/m1/s1.